The highest BCUT2D eigenvalue weighted by molar-refractivity contribution is 7.83. The lowest BCUT2D eigenvalue weighted by Gasteiger charge is -2.16. The van der Waals surface area contributed by atoms with Gasteiger partial charge in [-0.05, 0) is 91.8 Å². The molecule has 3 amide bonds. The Hall–Kier alpha value is -3.59. The molecule has 2 aliphatic rings. The maximum atomic E-state index is 12.8. The fourth-order valence-corrected chi connectivity index (χ4v) is 5.67. The Balaban J connectivity index is 1.14. The van der Waals surface area contributed by atoms with Gasteiger partial charge in [0.05, 0.1) is 16.8 Å². The molecule has 3 N–H and O–H groups in total. The largest absolute Gasteiger partial charge is 0.350 e. The highest BCUT2D eigenvalue weighted by Gasteiger charge is 2.25. The Morgan fingerprint density at radius 2 is 1.64 bits per heavy atom. The van der Waals surface area contributed by atoms with E-state index in [9.17, 15) is 13.8 Å². The third-order valence-corrected chi connectivity index (χ3v) is 7.82. The molecule has 1 aromatic heterocycles. The zero-order chi connectivity index (χ0) is 25.1. The standard InChI is InChI=1S/C27H29N5O3S/c1-17-15-30-24(16-29-17)26(33)28-13-12-18-8-10-21(11-9-18)36(35)32-27(34)31-25-22-6-2-4-19(22)14-20-5-3-7-23(20)25/h8-11,14-16H,2-7,12-13H2,1H3,(H,28,33)(H2,31,32,34). The lowest BCUT2D eigenvalue weighted by molar-refractivity contribution is 0.0948. The maximum Gasteiger partial charge on any atom is 0.331 e. The summed E-state index contributed by atoms with van der Waals surface area (Å²) in [5, 5.41) is 5.84. The fourth-order valence-electron chi connectivity index (χ4n) is 4.95. The third kappa shape index (κ3) is 5.31. The monoisotopic (exact) mass is 503 g/mol. The molecule has 0 radical (unpaired) electrons. The zero-order valence-corrected chi connectivity index (χ0v) is 21.0. The number of aromatic nitrogens is 2. The number of hydrogen-bond acceptors (Lipinski definition) is 5. The lowest BCUT2D eigenvalue weighted by Crippen LogP contribution is -2.31. The first kappa shape index (κ1) is 24.1. The second-order valence-corrected chi connectivity index (χ2v) is 10.5. The Bertz CT molecular complexity index is 1290. The maximum absolute atomic E-state index is 12.8. The summed E-state index contributed by atoms with van der Waals surface area (Å²) in [5.41, 5.74) is 8.09. The Morgan fingerprint density at radius 3 is 2.28 bits per heavy atom. The van der Waals surface area contributed by atoms with E-state index in [1.807, 2.05) is 19.1 Å². The molecule has 0 spiro atoms. The van der Waals surface area contributed by atoms with Crippen LogP contribution in [-0.4, -0.2) is 32.7 Å². The summed E-state index contributed by atoms with van der Waals surface area (Å²) in [4.78, 5) is 33.5. The van der Waals surface area contributed by atoms with Gasteiger partial charge in [0.25, 0.3) is 5.91 Å². The van der Waals surface area contributed by atoms with Crippen molar-refractivity contribution >= 4 is 28.6 Å². The average molecular weight is 504 g/mol. The molecule has 2 aliphatic carbocycles. The zero-order valence-electron chi connectivity index (χ0n) is 20.2. The van der Waals surface area contributed by atoms with Crippen molar-refractivity contribution in [3.63, 3.8) is 0 Å². The van der Waals surface area contributed by atoms with Crippen LogP contribution in [0.25, 0.3) is 0 Å². The quantitative estimate of drug-likeness (QED) is 0.456. The Kier molecular flexibility index (Phi) is 7.09. The van der Waals surface area contributed by atoms with E-state index in [4.69, 9.17) is 0 Å². The van der Waals surface area contributed by atoms with Gasteiger partial charge in [0.1, 0.15) is 5.69 Å². The summed E-state index contributed by atoms with van der Waals surface area (Å²) in [5.74, 6) is -0.273. The van der Waals surface area contributed by atoms with Crippen LogP contribution in [0.4, 0.5) is 10.5 Å². The molecule has 186 valence electrons. The van der Waals surface area contributed by atoms with Crippen LogP contribution in [-0.2, 0) is 43.1 Å². The van der Waals surface area contributed by atoms with E-state index < -0.39 is 17.0 Å². The molecule has 3 aromatic rings. The van der Waals surface area contributed by atoms with E-state index >= 15 is 0 Å². The van der Waals surface area contributed by atoms with Crippen LogP contribution in [0.5, 0.6) is 0 Å². The van der Waals surface area contributed by atoms with Gasteiger partial charge in [0, 0.05) is 18.4 Å². The van der Waals surface area contributed by atoms with Crippen LogP contribution in [0.15, 0.2) is 47.6 Å². The van der Waals surface area contributed by atoms with E-state index in [0.29, 0.717) is 17.9 Å². The first-order chi connectivity index (χ1) is 17.5. The molecule has 0 bridgehead atoms. The highest BCUT2D eigenvalue weighted by Crippen LogP contribution is 2.38. The number of hydrogen-bond donors (Lipinski definition) is 3. The predicted molar refractivity (Wildman–Crippen MR) is 138 cm³/mol. The van der Waals surface area contributed by atoms with Crippen molar-refractivity contribution in [3.8, 4) is 0 Å². The molecule has 2 aromatic carbocycles. The molecule has 0 saturated carbocycles. The van der Waals surface area contributed by atoms with Crippen molar-refractivity contribution in [2.24, 2.45) is 0 Å². The molecule has 0 aliphatic heterocycles. The number of fused-ring (bicyclic) bond motifs is 2. The number of nitrogens with one attached hydrogen (secondary N) is 3. The number of amides is 3. The van der Waals surface area contributed by atoms with Crippen molar-refractivity contribution in [2.75, 3.05) is 11.9 Å². The van der Waals surface area contributed by atoms with Crippen LogP contribution in [0.1, 0.15) is 56.8 Å². The summed E-state index contributed by atoms with van der Waals surface area (Å²) < 4.78 is 15.4. The highest BCUT2D eigenvalue weighted by atomic mass is 32.2. The second kappa shape index (κ2) is 10.6. The SMILES string of the molecule is Cc1cnc(C(=O)NCCc2ccc(S(=O)NC(=O)Nc3c4c(cc5c3CCC5)CCC4)cc2)cn1. The first-order valence-corrected chi connectivity index (χ1v) is 13.4. The molecule has 9 heteroatoms. The summed E-state index contributed by atoms with van der Waals surface area (Å²) in [6, 6.07) is 9.03. The number of urea groups is 1. The van der Waals surface area contributed by atoms with Crippen molar-refractivity contribution in [1.82, 2.24) is 20.0 Å². The summed E-state index contributed by atoms with van der Waals surface area (Å²) in [7, 11) is -1.68. The fraction of sp³-hybridized carbons (Fsp3) is 0.333. The molecular weight excluding hydrogens is 474 g/mol. The summed E-state index contributed by atoms with van der Waals surface area (Å²) in [6.45, 7) is 2.25. The van der Waals surface area contributed by atoms with E-state index in [-0.39, 0.29) is 11.6 Å². The predicted octanol–water partition coefficient (Wildman–Crippen LogP) is 3.58. The minimum atomic E-state index is -1.68. The Labute approximate surface area is 212 Å². The molecule has 0 fully saturated rings. The van der Waals surface area contributed by atoms with Gasteiger partial charge in [-0.15, -0.1) is 0 Å². The van der Waals surface area contributed by atoms with Gasteiger partial charge in [0.2, 0.25) is 0 Å². The van der Waals surface area contributed by atoms with Crippen molar-refractivity contribution in [3.05, 3.63) is 81.9 Å². The molecule has 5 rings (SSSR count). The number of aryl methyl sites for hydroxylation is 3. The van der Waals surface area contributed by atoms with Crippen LogP contribution < -0.4 is 15.4 Å². The lowest BCUT2D eigenvalue weighted by atomic mass is 9.99. The molecule has 1 unspecified atom stereocenters. The van der Waals surface area contributed by atoms with Gasteiger partial charge >= 0.3 is 6.03 Å². The molecule has 8 nitrogen and oxygen atoms in total. The van der Waals surface area contributed by atoms with E-state index in [1.54, 1.807) is 18.3 Å². The number of nitrogens with zero attached hydrogens (tertiary/aromatic N) is 2. The van der Waals surface area contributed by atoms with Crippen molar-refractivity contribution in [2.45, 2.75) is 56.8 Å². The second-order valence-electron chi connectivity index (χ2n) is 9.25. The molecule has 1 atom stereocenters. The molecule has 1 heterocycles. The summed E-state index contributed by atoms with van der Waals surface area (Å²) >= 11 is 0. The van der Waals surface area contributed by atoms with Gasteiger partial charge in [-0.2, -0.15) is 0 Å². The van der Waals surface area contributed by atoms with Crippen LogP contribution >= 0.6 is 0 Å². The van der Waals surface area contributed by atoms with E-state index in [0.717, 1.165) is 55.5 Å². The van der Waals surface area contributed by atoms with Crippen molar-refractivity contribution in [1.29, 1.82) is 0 Å². The average Bonchev–Trinajstić information content (AvgIpc) is 3.54. The van der Waals surface area contributed by atoms with Gasteiger partial charge in [0.15, 0.2) is 11.0 Å². The molecular formula is C27H29N5O3S. The van der Waals surface area contributed by atoms with Crippen molar-refractivity contribution < 1.29 is 13.8 Å². The number of rotatable bonds is 7. The van der Waals surface area contributed by atoms with E-state index in [1.165, 1.54) is 28.5 Å². The van der Waals surface area contributed by atoms with Crippen LogP contribution in [0, 0.1) is 6.92 Å². The molecule has 0 saturated heterocycles. The minimum Gasteiger partial charge on any atom is -0.350 e. The first-order valence-electron chi connectivity index (χ1n) is 12.3. The number of anilines is 1. The van der Waals surface area contributed by atoms with Crippen LogP contribution in [0.2, 0.25) is 0 Å². The third-order valence-electron chi connectivity index (χ3n) is 6.75. The van der Waals surface area contributed by atoms with Gasteiger partial charge in [-0.3, -0.25) is 14.5 Å². The minimum absolute atomic E-state index is 0.273. The number of carbonyl (C=O) groups excluding carboxylic acids is 2. The van der Waals surface area contributed by atoms with Crippen LogP contribution in [0.3, 0.4) is 0 Å². The number of carbonyl (C=O) groups is 2. The topological polar surface area (TPSA) is 113 Å². The molecule has 36 heavy (non-hydrogen) atoms. The van der Waals surface area contributed by atoms with E-state index in [2.05, 4.69) is 31.4 Å². The number of benzene rings is 2. The normalized spacial score (nSPS) is 14.6. The van der Waals surface area contributed by atoms with Gasteiger partial charge in [-0.1, -0.05) is 18.2 Å². The van der Waals surface area contributed by atoms with Gasteiger partial charge in [-0.25, -0.2) is 14.0 Å². The van der Waals surface area contributed by atoms with Gasteiger partial charge < -0.3 is 10.6 Å². The summed E-state index contributed by atoms with van der Waals surface area (Å²) in [6.07, 6.45) is 9.89. The Morgan fingerprint density at radius 1 is 0.944 bits per heavy atom. The smallest absolute Gasteiger partial charge is 0.331 e.